The van der Waals surface area contributed by atoms with Crippen molar-refractivity contribution < 1.29 is 23.5 Å². The zero-order valence-corrected chi connectivity index (χ0v) is 42.1. The highest BCUT2D eigenvalue weighted by atomic mass is 19.1. The number of hydrogen-bond acceptors (Lipinski definition) is 12. The van der Waals surface area contributed by atoms with Gasteiger partial charge < -0.3 is 34.1 Å². The first-order chi connectivity index (χ1) is 36.0. The molecule has 3 amide bonds. The number of nitrogens with zero attached hydrogens (tertiary/aromatic N) is 10. The van der Waals surface area contributed by atoms with Crippen LogP contribution >= 0.6 is 0 Å². The second kappa shape index (κ2) is 21.8. The number of H-pyrrole nitrogens is 1. The number of aromatic nitrogens is 4. The summed E-state index contributed by atoms with van der Waals surface area (Å²) >= 11 is 0. The van der Waals surface area contributed by atoms with Gasteiger partial charge in [0.2, 0.25) is 11.8 Å². The Labute approximate surface area is 430 Å². The van der Waals surface area contributed by atoms with Crippen molar-refractivity contribution in [1.82, 2.24) is 39.8 Å². The number of carbonyl (C=O) groups excluding carboxylic acids is 3. The van der Waals surface area contributed by atoms with Crippen LogP contribution in [0.2, 0.25) is 0 Å². The van der Waals surface area contributed by atoms with Crippen LogP contribution in [0.1, 0.15) is 70.5 Å². The van der Waals surface area contributed by atoms with E-state index in [2.05, 4.69) is 87.9 Å². The summed E-state index contributed by atoms with van der Waals surface area (Å²) in [5.41, 5.74) is 5.71. The van der Waals surface area contributed by atoms with Gasteiger partial charge in [-0.15, -0.1) is 0 Å². The van der Waals surface area contributed by atoms with E-state index < -0.39 is 5.82 Å². The minimum atomic E-state index is -0.575. The van der Waals surface area contributed by atoms with Crippen molar-refractivity contribution in [2.45, 2.75) is 70.5 Å². The third-order valence-corrected chi connectivity index (χ3v) is 15.3. The first-order valence-electron chi connectivity index (χ1n) is 25.8. The number of carbonyl (C=O) groups is 3. The third-order valence-electron chi connectivity index (χ3n) is 15.3. The summed E-state index contributed by atoms with van der Waals surface area (Å²) in [6.07, 6.45) is 6.93. The van der Waals surface area contributed by atoms with Crippen LogP contribution in [0, 0.1) is 30.0 Å². The quantitative estimate of drug-likeness (QED) is 0.141. The monoisotopic (exact) mass is 999 g/mol. The number of likely N-dealkylation sites (N-methyl/N-ethyl adjacent to an activating group) is 1. The van der Waals surface area contributed by atoms with Gasteiger partial charge in [-0.1, -0.05) is 61.2 Å². The number of aromatic amines is 1. The lowest BCUT2D eigenvalue weighted by molar-refractivity contribution is -0.134. The van der Waals surface area contributed by atoms with Crippen molar-refractivity contribution in [3.8, 4) is 12.1 Å². The molecule has 17 heteroatoms. The molecule has 2 atom stereocenters. The Bertz CT molecular complexity index is 3210. The summed E-state index contributed by atoms with van der Waals surface area (Å²) in [5, 5.41) is 20.0. The Morgan fingerprint density at radius 2 is 1.65 bits per heavy atom. The van der Waals surface area contributed by atoms with Gasteiger partial charge in [-0.05, 0) is 99.5 Å². The number of halogens is 1. The molecule has 2 unspecified atom stereocenters. The SMILES string of the molecule is C=CC(=O)N1CCN(c2nc(OCC3CCCN3C)nc3c2CCN(c2cccc4cccc(C)c24)C3)CC1CC#N.O=C(c1cc(Cc2n[nH]c(=O)c3ccccc23)ccc1F)N1CCN(C(=O)C2CC2)CC1. The summed E-state index contributed by atoms with van der Waals surface area (Å²) in [6, 6.07) is 27.4. The van der Waals surface area contributed by atoms with Gasteiger partial charge in [0.25, 0.3) is 11.5 Å². The molecule has 11 rings (SSSR count). The number of aryl methyl sites for hydroxylation is 1. The van der Waals surface area contributed by atoms with E-state index in [1.165, 1.54) is 40.6 Å². The number of benzene rings is 4. The number of hydrogen-bond donors (Lipinski definition) is 1. The van der Waals surface area contributed by atoms with E-state index in [0.29, 0.717) is 88.5 Å². The molecule has 1 N–H and O–H groups in total. The Morgan fingerprint density at radius 1 is 0.878 bits per heavy atom. The van der Waals surface area contributed by atoms with E-state index >= 15 is 0 Å². The van der Waals surface area contributed by atoms with Gasteiger partial charge in [-0.2, -0.15) is 20.3 Å². The van der Waals surface area contributed by atoms with Crippen LogP contribution < -0.4 is 20.1 Å². The van der Waals surface area contributed by atoms with Gasteiger partial charge >= 0.3 is 6.01 Å². The number of amides is 3. The van der Waals surface area contributed by atoms with Crippen molar-refractivity contribution in [3.63, 3.8) is 0 Å². The second-order valence-electron chi connectivity index (χ2n) is 20.1. The van der Waals surface area contributed by atoms with Crippen molar-refractivity contribution in [2.75, 3.05) is 82.4 Å². The minimum Gasteiger partial charge on any atom is -0.462 e. The number of ether oxygens (including phenoxy) is 1. The Hall–Kier alpha value is -7.71. The van der Waals surface area contributed by atoms with Crippen molar-refractivity contribution in [1.29, 1.82) is 5.26 Å². The maximum atomic E-state index is 14.6. The highest BCUT2D eigenvalue weighted by Crippen LogP contribution is 2.37. The standard InChI is InChI=1S/C33H39N7O2.C24H23FN4O3/c1-4-30(41)40-19-18-39(20-25(40)13-15-34)32-27-14-17-38(29-12-6-10-24-9-5-8-23(2)31(24)29)21-28(27)35-33(36-32)42-22-26-11-7-16-37(26)3;25-20-8-5-15(14-21-17-3-1-2-4-18(17)22(30)27-26-21)13-19(20)24(32)29-11-9-28(10-12-29)23(31)16-6-7-16/h4-6,8-10,12,25-26H,1,7,11,13-14,16-22H2,2-3H3;1-5,8,13,16H,6-7,9-12,14H2,(H,27,30). The van der Waals surface area contributed by atoms with Gasteiger partial charge in [-0.25, -0.2) is 9.49 Å². The normalized spacial score (nSPS) is 18.9. The average Bonchev–Trinajstić information content (AvgIpc) is 4.20. The Balaban J connectivity index is 0.000000175. The highest BCUT2D eigenvalue weighted by Gasteiger charge is 2.37. The highest BCUT2D eigenvalue weighted by molar-refractivity contribution is 5.97. The average molecular weight is 1000 g/mol. The Kier molecular flexibility index (Phi) is 14.7. The van der Waals surface area contributed by atoms with Crippen molar-refractivity contribution in [3.05, 3.63) is 141 Å². The summed E-state index contributed by atoms with van der Waals surface area (Å²) in [7, 11) is 2.14. The van der Waals surface area contributed by atoms with Gasteiger partial charge in [-0.3, -0.25) is 19.2 Å². The zero-order chi connectivity index (χ0) is 51.5. The lowest BCUT2D eigenvalue weighted by atomic mass is 9.99. The number of nitriles is 1. The van der Waals surface area contributed by atoms with E-state index in [1.807, 2.05) is 12.1 Å². The largest absolute Gasteiger partial charge is 0.462 e. The number of nitrogens with one attached hydrogen (secondary N) is 1. The maximum absolute atomic E-state index is 14.6. The van der Waals surface area contributed by atoms with Crippen LogP contribution in [-0.4, -0.2) is 142 Å². The van der Waals surface area contributed by atoms with Crippen LogP contribution in [0.4, 0.5) is 15.9 Å². The molecule has 4 fully saturated rings. The molecule has 0 bridgehead atoms. The summed E-state index contributed by atoms with van der Waals surface area (Å²) in [6.45, 7) is 12.4. The Morgan fingerprint density at radius 3 is 2.39 bits per heavy atom. The van der Waals surface area contributed by atoms with Crippen molar-refractivity contribution >= 4 is 50.8 Å². The second-order valence-corrected chi connectivity index (χ2v) is 20.1. The first-order valence-corrected chi connectivity index (χ1v) is 25.8. The van der Waals surface area contributed by atoms with Gasteiger partial charge in [0.15, 0.2) is 0 Å². The molecule has 74 heavy (non-hydrogen) atoms. The third kappa shape index (κ3) is 10.5. The number of anilines is 2. The van der Waals surface area contributed by atoms with E-state index in [-0.39, 0.29) is 47.2 Å². The summed E-state index contributed by atoms with van der Waals surface area (Å²) < 4.78 is 20.9. The van der Waals surface area contributed by atoms with Crippen molar-refractivity contribution in [2.24, 2.45) is 5.92 Å². The molecule has 3 saturated heterocycles. The molecule has 1 aliphatic carbocycles. The van der Waals surface area contributed by atoms with Gasteiger partial charge in [0.1, 0.15) is 18.2 Å². The molecule has 0 radical (unpaired) electrons. The molecule has 2 aromatic heterocycles. The van der Waals surface area contributed by atoms with Crippen LogP contribution in [0.15, 0.2) is 96.3 Å². The number of likely N-dealkylation sites (tertiary alicyclic amines) is 1. The molecular weight excluding hydrogens is 938 g/mol. The number of rotatable bonds is 11. The first kappa shape index (κ1) is 49.9. The number of fused-ring (bicyclic) bond motifs is 3. The van der Waals surface area contributed by atoms with E-state index in [0.717, 1.165) is 66.8 Å². The molecule has 4 aliphatic heterocycles. The van der Waals surface area contributed by atoms with Crippen LogP contribution in [-0.2, 0) is 29.0 Å². The molecule has 0 spiro atoms. The van der Waals surface area contributed by atoms with E-state index in [4.69, 9.17) is 14.7 Å². The lowest BCUT2D eigenvalue weighted by Gasteiger charge is -2.42. The maximum Gasteiger partial charge on any atom is 0.318 e. The van der Waals surface area contributed by atoms with Crippen LogP contribution in [0.5, 0.6) is 6.01 Å². The fourth-order valence-electron chi connectivity index (χ4n) is 11.0. The minimum absolute atomic E-state index is 0.0122. The fourth-order valence-corrected chi connectivity index (χ4v) is 11.0. The zero-order valence-electron chi connectivity index (χ0n) is 42.1. The topological polar surface area (TPSA) is 175 Å². The molecule has 1 saturated carbocycles. The number of piperazine rings is 2. The van der Waals surface area contributed by atoms with Gasteiger partial charge in [0, 0.05) is 92.8 Å². The van der Waals surface area contributed by atoms with E-state index in [9.17, 15) is 28.8 Å². The summed E-state index contributed by atoms with van der Waals surface area (Å²) in [4.78, 5) is 71.9. The van der Waals surface area contributed by atoms with Crippen LogP contribution in [0.3, 0.4) is 0 Å². The fraction of sp³-hybridized carbons (Fsp3) is 0.404. The van der Waals surface area contributed by atoms with Gasteiger partial charge in [0.05, 0.1) is 47.4 Å². The molecule has 4 aromatic carbocycles. The molecule has 16 nitrogen and oxygen atoms in total. The molecular formula is C57H62FN11O5. The summed E-state index contributed by atoms with van der Waals surface area (Å²) in [5.74, 6) is 0.120. The molecule has 6 aromatic rings. The molecule has 382 valence electrons. The van der Waals surface area contributed by atoms with E-state index in [1.54, 1.807) is 39.0 Å². The molecule has 5 aliphatic rings. The smallest absolute Gasteiger partial charge is 0.318 e. The predicted octanol–water partition coefficient (Wildman–Crippen LogP) is 6.44. The molecule has 6 heterocycles. The predicted molar refractivity (Wildman–Crippen MR) is 282 cm³/mol. The van der Waals surface area contributed by atoms with Crippen LogP contribution in [0.25, 0.3) is 21.5 Å². The lowest BCUT2D eigenvalue weighted by Crippen LogP contribution is -2.55.